The summed E-state index contributed by atoms with van der Waals surface area (Å²) in [7, 11) is 0. The van der Waals surface area contributed by atoms with Crippen molar-refractivity contribution in [1.29, 1.82) is 0 Å². The highest BCUT2D eigenvalue weighted by atomic mass is 32.1. The summed E-state index contributed by atoms with van der Waals surface area (Å²) >= 11 is 1.70. The number of thiazole rings is 1. The first-order valence-electron chi connectivity index (χ1n) is 4.58. The molecule has 2 rings (SSSR count). The van der Waals surface area contributed by atoms with E-state index in [0.29, 0.717) is 0 Å². The Morgan fingerprint density at radius 1 is 1.08 bits per heavy atom. The van der Waals surface area contributed by atoms with Crippen LogP contribution < -0.4 is 0 Å². The summed E-state index contributed by atoms with van der Waals surface area (Å²) in [6.45, 7) is 8.25. The van der Waals surface area contributed by atoms with Gasteiger partial charge in [0.1, 0.15) is 0 Å². The lowest BCUT2D eigenvalue weighted by atomic mass is 10.1. The van der Waals surface area contributed by atoms with E-state index in [4.69, 9.17) is 0 Å². The molecular formula is C11H15NS. The Labute approximate surface area is 83.4 Å². The van der Waals surface area contributed by atoms with Gasteiger partial charge >= 0.3 is 0 Å². The molecule has 1 nitrogen and oxygen atoms in total. The van der Waals surface area contributed by atoms with Gasteiger partial charge in [-0.05, 0) is 37.1 Å². The predicted octanol–water partition coefficient (Wildman–Crippen LogP) is 3.94. The fourth-order valence-corrected chi connectivity index (χ4v) is 1.87. The van der Waals surface area contributed by atoms with Gasteiger partial charge in [0, 0.05) is 0 Å². The van der Waals surface area contributed by atoms with Crippen LogP contribution in [-0.2, 0) is 0 Å². The maximum Gasteiger partial charge on any atom is 0.0814 e. The molecule has 1 aromatic carbocycles. The standard InChI is InChI=1S/C9H9NS.C2H6/c1-6-3-8-9(4-7(6)2)11-5-10-8;1-2/h3-5H,1-2H3;1-2H3. The number of aryl methyl sites for hydroxylation is 2. The fraction of sp³-hybridized carbons (Fsp3) is 0.364. The first kappa shape index (κ1) is 10.2. The SMILES string of the molecule is CC.Cc1cc2ncsc2cc1C. The second-order valence-corrected chi connectivity index (χ2v) is 3.64. The molecule has 0 spiro atoms. The molecule has 2 aromatic rings. The van der Waals surface area contributed by atoms with Gasteiger partial charge in [-0.2, -0.15) is 0 Å². The first-order valence-corrected chi connectivity index (χ1v) is 5.46. The highest BCUT2D eigenvalue weighted by molar-refractivity contribution is 7.16. The molecule has 1 heterocycles. The number of fused-ring (bicyclic) bond motifs is 1. The van der Waals surface area contributed by atoms with E-state index in [1.807, 2.05) is 19.4 Å². The molecule has 0 aliphatic rings. The van der Waals surface area contributed by atoms with Gasteiger partial charge in [-0.3, -0.25) is 0 Å². The van der Waals surface area contributed by atoms with Crippen molar-refractivity contribution in [3.8, 4) is 0 Å². The monoisotopic (exact) mass is 193 g/mol. The molecule has 0 bridgehead atoms. The van der Waals surface area contributed by atoms with Crippen molar-refractivity contribution < 1.29 is 0 Å². The van der Waals surface area contributed by atoms with Crippen molar-refractivity contribution >= 4 is 21.6 Å². The Morgan fingerprint density at radius 3 is 2.38 bits per heavy atom. The van der Waals surface area contributed by atoms with Gasteiger partial charge in [-0.15, -0.1) is 11.3 Å². The molecule has 0 N–H and O–H groups in total. The Kier molecular flexibility index (Phi) is 3.43. The lowest BCUT2D eigenvalue weighted by molar-refractivity contribution is 1.35. The van der Waals surface area contributed by atoms with E-state index < -0.39 is 0 Å². The second-order valence-electron chi connectivity index (χ2n) is 2.76. The Hall–Kier alpha value is -0.890. The predicted molar refractivity (Wildman–Crippen MR) is 60.4 cm³/mol. The third-order valence-corrected chi connectivity index (χ3v) is 2.74. The Balaban J connectivity index is 0.000000396. The minimum Gasteiger partial charge on any atom is -0.245 e. The van der Waals surface area contributed by atoms with Gasteiger partial charge in [-0.1, -0.05) is 13.8 Å². The molecule has 0 radical (unpaired) electrons. The van der Waals surface area contributed by atoms with Crippen LogP contribution in [0.1, 0.15) is 25.0 Å². The van der Waals surface area contributed by atoms with Crippen LogP contribution in [0.3, 0.4) is 0 Å². The quantitative estimate of drug-likeness (QED) is 0.617. The molecule has 0 unspecified atom stereocenters. The Bertz CT molecular complexity index is 354. The zero-order chi connectivity index (χ0) is 9.84. The molecule has 2 heteroatoms. The van der Waals surface area contributed by atoms with Crippen molar-refractivity contribution in [2.45, 2.75) is 27.7 Å². The van der Waals surface area contributed by atoms with Gasteiger partial charge in [-0.25, -0.2) is 4.98 Å². The first-order chi connectivity index (χ1) is 6.27. The van der Waals surface area contributed by atoms with Crippen molar-refractivity contribution in [3.63, 3.8) is 0 Å². The lowest BCUT2D eigenvalue weighted by Gasteiger charge is -1.97. The van der Waals surface area contributed by atoms with Crippen molar-refractivity contribution in [3.05, 3.63) is 28.8 Å². The van der Waals surface area contributed by atoms with E-state index in [1.165, 1.54) is 15.8 Å². The van der Waals surface area contributed by atoms with E-state index in [2.05, 4.69) is 31.0 Å². The van der Waals surface area contributed by atoms with Gasteiger partial charge in [0.25, 0.3) is 0 Å². The van der Waals surface area contributed by atoms with Gasteiger partial charge in [0.05, 0.1) is 15.7 Å². The highest BCUT2D eigenvalue weighted by Crippen LogP contribution is 2.21. The third kappa shape index (κ3) is 2.07. The summed E-state index contributed by atoms with van der Waals surface area (Å²) in [4.78, 5) is 4.24. The van der Waals surface area contributed by atoms with Crippen LogP contribution in [0.5, 0.6) is 0 Å². The molecule has 0 atom stereocenters. The topological polar surface area (TPSA) is 12.9 Å². The number of hydrogen-bond acceptors (Lipinski definition) is 2. The molecule has 1 aromatic heterocycles. The molecule has 0 saturated heterocycles. The maximum atomic E-state index is 4.24. The minimum absolute atomic E-state index is 1.12. The summed E-state index contributed by atoms with van der Waals surface area (Å²) in [6, 6.07) is 4.34. The smallest absolute Gasteiger partial charge is 0.0814 e. The van der Waals surface area contributed by atoms with E-state index in [0.717, 1.165) is 5.52 Å². The fourth-order valence-electron chi connectivity index (χ4n) is 1.11. The largest absolute Gasteiger partial charge is 0.245 e. The summed E-state index contributed by atoms with van der Waals surface area (Å²) in [5.41, 5.74) is 5.69. The zero-order valence-electron chi connectivity index (χ0n) is 8.59. The average Bonchev–Trinajstić information content (AvgIpc) is 2.56. The second kappa shape index (κ2) is 4.38. The third-order valence-electron chi connectivity index (χ3n) is 1.95. The van der Waals surface area contributed by atoms with E-state index in [9.17, 15) is 0 Å². The number of nitrogens with zero attached hydrogens (tertiary/aromatic N) is 1. The van der Waals surface area contributed by atoms with Crippen LogP contribution in [0.25, 0.3) is 10.2 Å². The molecule has 0 aliphatic heterocycles. The number of rotatable bonds is 0. The average molecular weight is 193 g/mol. The normalized spacial score (nSPS) is 9.54. The molecule has 0 amide bonds. The van der Waals surface area contributed by atoms with Crippen molar-refractivity contribution in [1.82, 2.24) is 4.98 Å². The van der Waals surface area contributed by atoms with Crippen LogP contribution in [0, 0.1) is 13.8 Å². The van der Waals surface area contributed by atoms with E-state index in [-0.39, 0.29) is 0 Å². The van der Waals surface area contributed by atoms with Crippen LogP contribution in [0.15, 0.2) is 17.6 Å². The van der Waals surface area contributed by atoms with Gasteiger partial charge in [0.15, 0.2) is 0 Å². The molecule has 0 aliphatic carbocycles. The van der Waals surface area contributed by atoms with E-state index in [1.54, 1.807) is 11.3 Å². The summed E-state index contributed by atoms with van der Waals surface area (Å²) in [6.07, 6.45) is 0. The number of benzene rings is 1. The van der Waals surface area contributed by atoms with Crippen molar-refractivity contribution in [2.75, 3.05) is 0 Å². The molecule has 70 valence electrons. The summed E-state index contributed by atoms with van der Waals surface area (Å²) < 4.78 is 1.29. The van der Waals surface area contributed by atoms with Crippen LogP contribution in [0.4, 0.5) is 0 Å². The van der Waals surface area contributed by atoms with Crippen LogP contribution >= 0.6 is 11.3 Å². The highest BCUT2D eigenvalue weighted by Gasteiger charge is 1.98. The maximum absolute atomic E-state index is 4.24. The number of aromatic nitrogens is 1. The van der Waals surface area contributed by atoms with Crippen molar-refractivity contribution in [2.24, 2.45) is 0 Å². The minimum atomic E-state index is 1.12. The molecule has 0 fully saturated rings. The summed E-state index contributed by atoms with van der Waals surface area (Å²) in [5.74, 6) is 0. The summed E-state index contributed by atoms with van der Waals surface area (Å²) in [5, 5.41) is 0. The number of hydrogen-bond donors (Lipinski definition) is 0. The molecular weight excluding hydrogens is 178 g/mol. The Morgan fingerprint density at radius 2 is 1.69 bits per heavy atom. The van der Waals surface area contributed by atoms with Gasteiger partial charge < -0.3 is 0 Å². The van der Waals surface area contributed by atoms with Crippen LogP contribution in [0.2, 0.25) is 0 Å². The van der Waals surface area contributed by atoms with Crippen LogP contribution in [-0.4, -0.2) is 4.98 Å². The van der Waals surface area contributed by atoms with Gasteiger partial charge in [0.2, 0.25) is 0 Å². The lowest BCUT2D eigenvalue weighted by Crippen LogP contribution is -1.78. The molecule has 13 heavy (non-hydrogen) atoms. The zero-order valence-corrected chi connectivity index (χ0v) is 9.40. The van der Waals surface area contributed by atoms with E-state index >= 15 is 0 Å². The molecule has 0 saturated carbocycles.